The average Bonchev–Trinajstić information content (AvgIpc) is 2.04. The molecule has 0 bridgehead atoms. The van der Waals surface area contributed by atoms with Crippen LogP contribution in [-0.4, -0.2) is 4.98 Å². The summed E-state index contributed by atoms with van der Waals surface area (Å²) in [5.41, 5.74) is 2.06. The SMILES string of the molecule is [CH2]c1ccc2ncccc2c1.[H+]. The second-order valence-corrected chi connectivity index (χ2v) is 2.53. The Kier molecular flexibility index (Phi) is 1.35. The number of pyridine rings is 1. The van der Waals surface area contributed by atoms with Gasteiger partial charge in [-0.1, -0.05) is 12.1 Å². The third kappa shape index (κ3) is 1.09. The van der Waals surface area contributed by atoms with Gasteiger partial charge in [0.2, 0.25) is 0 Å². The molecule has 1 aromatic heterocycles. The van der Waals surface area contributed by atoms with E-state index in [1.807, 2.05) is 30.3 Å². The van der Waals surface area contributed by atoms with E-state index in [2.05, 4.69) is 11.9 Å². The van der Waals surface area contributed by atoms with Gasteiger partial charge in [0.05, 0.1) is 5.52 Å². The number of aromatic nitrogens is 1. The number of rotatable bonds is 0. The van der Waals surface area contributed by atoms with Crippen molar-refractivity contribution in [1.82, 2.24) is 4.98 Å². The molecule has 0 spiro atoms. The van der Waals surface area contributed by atoms with Crippen molar-refractivity contribution in [1.29, 1.82) is 0 Å². The van der Waals surface area contributed by atoms with Crippen LogP contribution < -0.4 is 0 Å². The first-order valence-corrected chi connectivity index (χ1v) is 3.53. The third-order valence-electron chi connectivity index (χ3n) is 1.67. The molecule has 0 aliphatic heterocycles. The maximum absolute atomic E-state index is 4.19. The van der Waals surface area contributed by atoms with E-state index in [1.165, 1.54) is 0 Å². The van der Waals surface area contributed by atoms with Crippen molar-refractivity contribution in [3.63, 3.8) is 0 Å². The zero-order valence-corrected chi connectivity index (χ0v) is 6.12. The van der Waals surface area contributed by atoms with Crippen molar-refractivity contribution >= 4 is 10.9 Å². The summed E-state index contributed by atoms with van der Waals surface area (Å²) in [4.78, 5) is 4.19. The Morgan fingerprint density at radius 1 is 1.27 bits per heavy atom. The highest BCUT2D eigenvalue weighted by Crippen LogP contribution is 2.11. The molecule has 0 amide bonds. The van der Waals surface area contributed by atoms with Crippen molar-refractivity contribution in [2.75, 3.05) is 0 Å². The normalized spacial score (nSPS) is 10.3. The van der Waals surface area contributed by atoms with Gasteiger partial charge in [-0.15, -0.1) is 0 Å². The van der Waals surface area contributed by atoms with Crippen molar-refractivity contribution in [2.24, 2.45) is 0 Å². The fourth-order valence-corrected chi connectivity index (χ4v) is 1.13. The number of fused-ring (bicyclic) bond motifs is 1. The van der Waals surface area contributed by atoms with Crippen molar-refractivity contribution in [2.45, 2.75) is 0 Å². The largest absolute Gasteiger partial charge is 1.00 e. The predicted molar refractivity (Wildman–Crippen MR) is 47.3 cm³/mol. The van der Waals surface area contributed by atoms with Crippen molar-refractivity contribution < 1.29 is 1.43 Å². The molecule has 0 aliphatic carbocycles. The molecule has 1 aromatic carbocycles. The number of hydrogen-bond acceptors (Lipinski definition) is 1. The van der Waals surface area contributed by atoms with Gasteiger partial charge in [-0.2, -0.15) is 0 Å². The topological polar surface area (TPSA) is 12.9 Å². The molecule has 0 saturated carbocycles. The molecule has 0 unspecified atom stereocenters. The van der Waals surface area contributed by atoms with Gasteiger partial charge in [-0.25, -0.2) is 0 Å². The molecule has 0 fully saturated rings. The van der Waals surface area contributed by atoms with Gasteiger partial charge < -0.3 is 0 Å². The summed E-state index contributed by atoms with van der Waals surface area (Å²) in [6, 6.07) is 9.95. The quantitative estimate of drug-likeness (QED) is 0.552. The molecular formula is C10H9N+. The average molecular weight is 143 g/mol. The number of hydrogen-bond donors (Lipinski definition) is 0. The van der Waals surface area contributed by atoms with Gasteiger partial charge >= 0.3 is 1.43 Å². The first-order chi connectivity index (χ1) is 5.36. The molecule has 2 rings (SSSR count). The summed E-state index contributed by atoms with van der Waals surface area (Å²) in [6.07, 6.45) is 1.80. The van der Waals surface area contributed by atoms with E-state index in [0.717, 1.165) is 16.5 Å². The molecule has 0 saturated heterocycles. The Hall–Kier alpha value is -1.37. The Balaban J connectivity index is 0.000000720. The molecule has 2 aromatic rings. The third-order valence-corrected chi connectivity index (χ3v) is 1.67. The zero-order chi connectivity index (χ0) is 7.68. The minimum absolute atomic E-state index is 0. The van der Waals surface area contributed by atoms with E-state index >= 15 is 0 Å². The summed E-state index contributed by atoms with van der Waals surface area (Å²) < 4.78 is 0. The summed E-state index contributed by atoms with van der Waals surface area (Å²) in [7, 11) is 0. The lowest BCUT2D eigenvalue weighted by atomic mass is 10.1. The molecule has 1 nitrogen and oxygen atoms in total. The van der Waals surface area contributed by atoms with Crippen LogP contribution in [0.15, 0.2) is 36.5 Å². The fourth-order valence-electron chi connectivity index (χ4n) is 1.13. The highest BCUT2D eigenvalue weighted by molar-refractivity contribution is 5.79. The smallest absolute Gasteiger partial charge is 0.256 e. The van der Waals surface area contributed by atoms with E-state index in [4.69, 9.17) is 0 Å². The highest BCUT2D eigenvalue weighted by atomic mass is 14.6. The summed E-state index contributed by atoms with van der Waals surface area (Å²) >= 11 is 0. The van der Waals surface area contributed by atoms with Crippen molar-refractivity contribution in [3.8, 4) is 0 Å². The maximum atomic E-state index is 4.19. The summed E-state index contributed by atoms with van der Waals surface area (Å²) in [6.45, 7) is 3.84. The van der Waals surface area contributed by atoms with Gasteiger partial charge in [0.15, 0.2) is 0 Å². The van der Waals surface area contributed by atoms with E-state index < -0.39 is 0 Å². The van der Waals surface area contributed by atoms with Crippen LogP contribution >= 0.6 is 0 Å². The molecule has 1 radical (unpaired) electrons. The lowest BCUT2D eigenvalue weighted by Crippen LogP contribution is -1.77. The van der Waals surface area contributed by atoms with Gasteiger partial charge in [0.1, 0.15) is 0 Å². The second-order valence-electron chi connectivity index (χ2n) is 2.53. The standard InChI is InChI=1S/C10H8N/c1-8-4-5-10-9(7-8)3-2-6-11-10/h2-7H,1H2/p+1. The van der Waals surface area contributed by atoms with E-state index in [9.17, 15) is 0 Å². The van der Waals surface area contributed by atoms with Crippen LogP contribution in [0.4, 0.5) is 0 Å². The maximum Gasteiger partial charge on any atom is 1.00 e. The molecule has 11 heavy (non-hydrogen) atoms. The lowest BCUT2D eigenvalue weighted by molar-refractivity contribution is 1.41. The Bertz CT molecular complexity index is 384. The molecule has 1 heteroatoms. The fraction of sp³-hybridized carbons (Fsp3) is 0. The first-order valence-electron chi connectivity index (χ1n) is 3.53. The van der Waals surface area contributed by atoms with Crippen molar-refractivity contribution in [3.05, 3.63) is 49.0 Å². The van der Waals surface area contributed by atoms with E-state index in [0.29, 0.717) is 0 Å². The van der Waals surface area contributed by atoms with Crippen LogP contribution in [0.5, 0.6) is 0 Å². The molecule has 0 N–H and O–H groups in total. The van der Waals surface area contributed by atoms with Gasteiger partial charge in [-0.05, 0) is 30.7 Å². The van der Waals surface area contributed by atoms with Crippen LogP contribution in [0.1, 0.15) is 6.99 Å². The second kappa shape index (κ2) is 2.35. The van der Waals surface area contributed by atoms with Gasteiger partial charge in [0, 0.05) is 11.6 Å². The summed E-state index contributed by atoms with van der Waals surface area (Å²) in [5, 5.41) is 1.15. The Morgan fingerprint density at radius 2 is 2.18 bits per heavy atom. The molecular weight excluding hydrogens is 134 g/mol. The van der Waals surface area contributed by atoms with Crippen LogP contribution in [0.3, 0.4) is 0 Å². The van der Waals surface area contributed by atoms with Gasteiger partial charge in [0.25, 0.3) is 0 Å². The van der Waals surface area contributed by atoms with E-state index in [1.54, 1.807) is 6.20 Å². The number of nitrogens with zero attached hydrogens (tertiary/aromatic N) is 1. The monoisotopic (exact) mass is 143 g/mol. The molecule has 1 heterocycles. The van der Waals surface area contributed by atoms with Crippen LogP contribution in [0.2, 0.25) is 0 Å². The van der Waals surface area contributed by atoms with Gasteiger partial charge in [-0.3, -0.25) is 4.98 Å². The highest BCUT2D eigenvalue weighted by Gasteiger charge is 1.90. The predicted octanol–water partition coefficient (Wildman–Crippen LogP) is 2.53. The van der Waals surface area contributed by atoms with Crippen LogP contribution in [-0.2, 0) is 0 Å². The van der Waals surface area contributed by atoms with Crippen LogP contribution in [0.25, 0.3) is 10.9 Å². The summed E-state index contributed by atoms with van der Waals surface area (Å²) in [5.74, 6) is 0. The Morgan fingerprint density at radius 3 is 3.09 bits per heavy atom. The minimum atomic E-state index is 0. The first kappa shape index (κ1) is 6.35. The van der Waals surface area contributed by atoms with Crippen LogP contribution in [0, 0.1) is 6.92 Å². The molecule has 0 atom stereocenters. The molecule has 53 valence electrons. The lowest BCUT2D eigenvalue weighted by Gasteiger charge is -1.95. The molecule has 0 aliphatic rings. The minimum Gasteiger partial charge on any atom is -0.256 e. The Labute approximate surface area is 67.2 Å². The zero-order valence-electron chi connectivity index (χ0n) is 7.12. The number of benzene rings is 1. The van der Waals surface area contributed by atoms with E-state index in [-0.39, 0.29) is 1.43 Å².